The Morgan fingerprint density at radius 1 is 0.229 bits per heavy atom. The Balaban J connectivity index is 0.929. The summed E-state index contributed by atoms with van der Waals surface area (Å²) >= 11 is 0. The van der Waals surface area contributed by atoms with E-state index in [1.807, 2.05) is 0 Å². The van der Waals surface area contributed by atoms with Crippen LogP contribution in [-0.2, 0) is 16.2 Å². The SMILES string of the molecule is c1ccc2c(c1)-c1cccc(-c3c4cccc(N5c6ccccc6C6(c7ccccc7-c7ccccc76)c6ccccc65)c4cc4c(N5c6ccccc6C6(c7ccccc7-c7ccccc76)c6ccccc65)cccc34)c1C21CCCC1. The number of para-hydroxylation sites is 4. The molecule has 19 rings (SSSR count). The van der Waals surface area contributed by atoms with Crippen molar-refractivity contribution in [3.63, 3.8) is 0 Å². The van der Waals surface area contributed by atoms with Gasteiger partial charge in [-0.3, -0.25) is 0 Å². The highest BCUT2D eigenvalue weighted by Crippen LogP contribution is 2.67. The summed E-state index contributed by atoms with van der Waals surface area (Å²) < 4.78 is 0. The van der Waals surface area contributed by atoms with Gasteiger partial charge in [0, 0.05) is 16.2 Å². The molecule has 0 N–H and O–H groups in total. The van der Waals surface area contributed by atoms with Crippen molar-refractivity contribution in [1.82, 2.24) is 0 Å². The molecule has 0 atom stereocenters. The Labute approximate surface area is 483 Å². The van der Waals surface area contributed by atoms with E-state index in [4.69, 9.17) is 0 Å². The van der Waals surface area contributed by atoms with E-state index in [1.54, 1.807) is 0 Å². The molecule has 2 heteroatoms. The highest BCUT2D eigenvalue weighted by molar-refractivity contribution is 6.21. The molecule has 0 unspecified atom stereocenters. The zero-order valence-corrected chi connectivity index (χ0v) is 45.8. The third-order valence-corrected chi connectivity index (χ3v) is 20.6. The fourth-order valence-electron chi connectivity index (χ4n) is 17.7. The monoisotopic (exact) mass is 1050 g/mol. The van der Waals surface area contributed by atoms with Crippen LogP contribution < -0.4 is 9.80 Å². The Bertz CT molecular complexity index is 4530. The average Bonchev–Trinajstić information content (AvgIpc) is 3.22. The van der Waals surface area contributed by atoms with Crippen LogP contribution in [0, 0.1) is 0 Å². The molecule has 0 amide bonds. The van der Waals surface area contributed by atoms with Gasteiger partial charge in [-0.15, -0.1) is 0 Å². The van der Waals surface area contributed by atoms with Crippen molar-refractivity contribution in [3.8, 4) is 44.5 Å². The molecule has 0 bridgehead atoms. The molecule has 2 nitrogen and oxygen atoms in total. The lowest BCUT2D eigenvalue weighted by atomic mass is 9.64. The van der Waals surface area contributed by atoms with Crippen molar-refractivity contribution < 1.29 is 0 Å². The summed E-state index contributed by atoms with van der Waals surface area (Å²) in [7, 11) is 0. The first-order valence-corrected chi connectivity index (χ1v) is 29.8. The molecular formula is C81H54N2. The Morgan fingerprint density at radius 3 is 0.916 bits per heavy atom. The first kappa shape index (κ1) is 45.7. The van der Waals surface area contributed by atoms with Gasteiger partial charge >= 0.3 is 0 Å². The smallest absolute Gasteiger partial charge is 0.0754 e. The fraction of sp³-hybridized carbons (Fsp3) is 0.0864. The molecule has 1 saturated carbocycles. The van der Waals surface area contributed by atoms with E-state index in [2.05, 4.69) is 289 Å². The van der Waals surface area contributed by atoms with Gasteiger partial charge in [-0.25, -0.2) is 0 Å². The quantitative estimate of drug-likeness (QED) is 0.163. The minimum absolute atomic E-state index is 0.0634. The van der Waals surface area contributed by atoms with Crippen LogP contribution in [0.5, 0.6) is 0 Å². The van der Waals surface area contributed by atoms with E-state index in [1.165, 1.54) is 169 Å². The summed E-state index contributed by atoms with van der Waals surface area (Å²) in [6.07, 6.45) is 4.75. The lowest BCUT2D eigenvalue weighted by molar-refractivity contribution is 0.551. The molecule has 4 aliphatic carbocycles. The lowest BCUT2D eigenvalue weighted by Crippen LogP contribution is -2.36. The van der Waals surface area contributed by atoms with Crippen LogP contribution in [0.3, 0.4) is 0 Å². The molecule has 1 fully saturated rings. The number of nitrogens with zero attached hydrogens (tertiary/aromatic N) is 2. The van der Waals surface area contributed by atoms with Gasteiger partial charge in [0.05, 0.1) is 45.0 Å². The van der Waals surface area contributed by atoms with Crippen LogP contribution >= 0.6 is 0 Å². The largest absolute Gasteiger partial charge is 0.309 e. The van der Waals surface area contributed by atoms with Gasteiger partial charge in [0.1, 0.15) is 0 Å². The van der Waals surface area contributed by atoms with E-state index < -0.39 is 10.8 Å². The normalized spacial score (nSPS) is 16.0. The zero-order valence-electron chi connectivity index (χ0n) is 45.8. The third-order valence-electron chi connectivity index (χ3n) is 20.6. The summed E-state index contributed by atoms with van der Waals surface area (Å²) in [6.45, 7) is 0. The molecule has 2 aliphatic heterocycles. The van der Waals surface area contributed by atoms with Gasteiger partial charge in [0.15, 0.2) is 0 Å². The van der Waals surface area contributed by atoms with Gasteiger partial charge in [-0.05, 0) is 166 Å². The van der Waals surface area contributed by atoms with Crippen molar-refractivity contribution >= 4 is 55.7 Å². The Kier molecular flexibility index (Phi) is 9.11. The predicted molar refractivity (Wildman–Crippen MR) is 343 cm³/mol. The number of hydrogen-bond acceptors (Lipinski definition) is 2. The first-order chi connectivity index (χ1) is 41.2. The molecule has 0 aromatic heterocycles. The predicted octanol–water partition coefficient (Wildman–Crippen LogP) is 20.8. The minimum atomic E-state index is -0.519. The van der Waals surface area contributed by atoms with E-state index in [-0.39, 0.29) is 5.41 Å². The van der Waals surface area contributed by atoms with Gasteiger partial charge in [-0.2, -0.15) is 0 Å². The van der Waals surface area contributed by atoms with Crippen LogP contribution in [0.25, 0.3) is 66.1 Å². The zero-order chi connectivity index (χ0) is 54.2. The van der Waals surface area contributed by atoms with Gasteiger partial charge in [0.25, 0.3) is 0 Å². The summed E-state index contributed by atoms with van der Waals surface area (Å²) in [4.78, 5) is 5.24. The summed E-state index contributed by atoms with van der Waals surface area (Å²) in [5.41, 5.74) is 30.2. The van der Waals surface area contributed by atoms with Crippen molar-refractivity contribution in [3.05, 3.63) is 335 Å². The number of anilines is 6. The summed E-state index contributed by atoms with van der Waals surface area (Å²) in [6, 6.07) is 107. The summed E-state index contributed by atoms with van der Waals surface area (Å²) in [5.74, 6) is 0. The highest BCUT2D eigenvalue weighted by atomic mass is 15.2. The molecule has 13 aromatic carbocycles. The van der Waals surface area contributed by atoms with Crippen molar-refractivity contribution in [2.75, 3.05) is 9.80 Å². The molecule has 6 aliphatic rings. The highest BCUT2D eigenvalue weighted by Gasteiger charge is 2.54. The maximum Gasteiger partial charge on any atom is 0.0754 e. The van der Waals surface area contributed by atoms with E-state index in [0.717, 1.165) is 12.8 Å². The summed E-state index contributed by atoms with van der Waals surface area (Å²) in [5, 5.41) is 4.96. The Hall–Kier alpha value is -10.0. The van der Waals surface area contributed by atoms with Gasteiger partial charge in [-0.1, -0.05) is 249 Å². The standard InChI is InChI=1S/C81H54N2/c1-6-33-62-55(28-1)58-31-21-32-59(78(58)79(62)48-19-20-49-79)77-56-29-22-46-71(82-73-42-15-11-38-67(73)80(68-39-12-16-43-74(68)82)63-34-7-2-24-51(63)52-25-3-8-35-64(52)80)60(56)50-61-57(77)30-23-47-72(61)83-75-44-17-13-40-69(75)81(70-41-14-18-45-76(70)83)65-36-9-4-26-53(65)54-27-5-10-37-66(54)81/h1-18,21-47,50H,19-20,48-49H2. The van der Waals surface area contributed by atoms with Crippen LogP contribution in [0.4, 0.5) is 34.1 Å². The van der Waals surface area contributed by atoms with E-state index >= 15 is 0 Å². The molecule has 83 heavy (non-hydrogen) atoms. The van der Waals surface area contributed by atoms with Gasteiger partial charge in [0.2, 0.25) is 0 Å². The molecule has 13 aromatic rings. The number of hydrogen-bond donors (Lipinski definition) is 0. The van der Waals surface area contributed by atoms with Crippen molar-refractivity contribution in [2.45, 2.75) is 41.9 Å². The first-order valence-electron chi connectivity index (χ1n) is 29.8. The second-order valence-corrected chi connectivity index (χ2v) is 24.0. The maximum atomic E-state index is 2.62. The van der Waals surface area contributed by atoms with E-state index in [9.17, 15) is 0 Å². The fourth-order valence-corrected chi connectivity index (χ4v) is 17.7. The average molecular weight is 1060 g/mol. The molecule has 3 spiro atoms. The molecule has 0 saturated heterocycles. The van der Waals surface area contributed by atoms with E-state index in [0.29, 0.717) is 0 Å². The topological polar surface area (TPSA) is 6.48 Å². The van der Waals surface area contributed by atoms with Crippen LogP contribution in [-0.4, -0.2) is 0 Å². The molecular weight excluding hydrogens is 1000 g/mol. The second-order valence-electron chi connectivity index (χ2n) is 24.0. The molecule has 2 heterocycles. The number of fused-ring (bicyclic) bond motifs is 25. The Morgan fingerprint density at radius 2 is 0.518 bits per heavy atom. The molecule has 0 radical (unpaired) electrons. The lowest BCUT2D eigenvalue weighted by Gasteiger charge is -2.45. The maximum absolute atomic E-state index is 2.62. The van der Waals surface area contributed by atoms with Crippen LogP contribution in [0.1, 0.15) is 81.3 Å². The van der Waals surface area contributed by atoms with Gasteiger partial charge < -0.3 is 9.80 Å². The number of rotatable bonds is 3. The number of benzene rings is 13. The van der Waals surface area contributed by atoms with Crippen LogP contribution in [0.2, 0.25) is 0 Å². The van der Waals surface area contributed by atoms with Crippen molar-refractivity contribution in [2.24, 2.45) is 0 Å². The molecule has 388 valence electrons. The minimum Gasteiger partial charge on any atom is -0.309 e. The van der Waals surface area contributed by atoms with Crippen LogP contribution in [0.15, 0.2) is 279 Å². The third kappa shape index (κ3) is 5.55. The van der Waals surface area contributed by atoms with Crippen molar-refractivity contribution in [1.29, 1.82) is 0 Å². The second kappa shape index (κ2) is 16.6.